The number of hydrogen-bond acceptors (Lipinski definition) is 7. The summed E-state index contributed by atoms with van der Waals surface area (Å²) in [6.45, 7) is 3.33. The molecule has 0 bridgehead atoms. The van der Waals surface area contributed by atoms with Gasteiger partial charge in [0.15, 0.2) is 23.0 Å². The van der Waals surface area contributed by atoms with Crippen LogP contribution in [0.2, 0.25) is 0 Å². The van der Waals surface area contributed by atoms with Gasteiger partial charge in [0, 0.05) is 5.39 Å². The molecule has 1 aromatic heterocycles. The van der Waals surface area contributed by atoms with Gasteiger partial charge in [0.05, 0.1) is 37.6 Å². The van der Waals surface area contributed by atoms with E-state index in [4.69, 9.17) is 33.4 Å². The minimum absolute atomic E-state index is 0.381. The first-order chi connectivity index (χ1) is 18.8. The standard InChI is InChI=1S/C31H31NO6/c1-2-6-27-25(5-1)11-13-26(32-27)12-9-24-10-14-30-31(23-24)38-22-18-34-16-20-36-29-8-4-3-7-28(29)35-19-15-33-17-21-37-30/h1-14,23H,15-22H2/b12-9-. The van der Waals surface area contributed by atoms with Crippen molar-refractivity contribution in [1.82, 2.24) is 4.98 Å². The zero-order valence-corrected chi connectivity index (χ0v) is 21.2. The van der Waals surface area contributed by atoms with Gasteiger partial charge in [-0.3, -0.25) is 0 Å². The Morgan fingerprint density at radius 1 is 0.500 bits per heavy atom. The first-order valence-electron chi connectivity index (χ1n) is 12.8. The Hall–Kier alpha value is -4.07. The lowest BCUT2D eigenvalue weighted by Gasteiger charge is -2.15. The van der Waals surface area contributed by atoms with Crippen LogP contribution in [0.25, 0.3) is 23.1 Å². The van der Waals surface area contributed by atoms with Crippen molar-refractivity contribution in [2.45, 2.75) is 0 Å². The van der Waals surface area contributed by atoms with Crippen molar-refractivity contribution in [2.75, 3.05) is 52.9 Å². The minimum Gasteiger partial charge on any atom is -0.487 e. The van der Waals surface area contributed by atoms with Crippen LogP contribution < -0.4 is 18.9 Å². The second-order valence-electron chi connectivity index (χ2n) is 8.53. The summed E-state index contributed by atoms with van der Waals surface area (Å²) in [6, 6.07) is 25.6. The van der Waals surface area contributed by atoms with Gasteiger partial charge in [-0.1, -0.05) is 48.5 Å². The third-order valence-corrected chi connectivity index (χ3v) is 5.82. The second kappa shape index (κ2) is 13.5. The van der Waals surface area contributed by atoms with Gasteiger partial charge < -0.3 is 28.4 Å². The van der Waals surface area contributed by atoms with E-state index in [9.17, 15) is 0 Å². The number of hydrogen-bond donors (Lipinski definition) is 0. The normalized spacial score (nSPS) is 15.6. The van der Waals surface area contributed by atoms with Gasteiger partial charge in [-0.15, -0.1) is 0 Å². The van der Waals surface area contributed by atoms with Crippen molar-refractivity contribution in [3.05, 3.63) is 90.1 Å². The average Bonchev–Trinajstić information content (AvgIpc) is 2.96. The van der Waals surface area contributed by atoms with Gasteiger partial charge in [-0.2, -0.15) is 0 Å². The maximum atomic E-state index is 6.04. The summed E-state index contributed by atoms with van der Waals surface area (Å²) >= 11 is 0. The fourth-order valence-corrected chi connectivity index (χ4v) is 3.95. The van der Waals surface area contributed by atoms with Crippen molar-refractivity contribution in [1.29, 1.82) is 0 Å². The summed E-state index contributed by atoms with van der Waals surface area (Å²) in [5.41, 5.74) is 2.83. The number of rotatable bonds is 2. The smallest absolute Gasteiger partial charge is 0.161 e. The zero-order chi connectivity index (χ0) is 25.8. The fraction of sp³-hybridized carbons (Fsp3) is 0.258. The highest BCUT2D eigenvalue weighted by Gasteiger charge is 2.08. The molecule has 38 heavy (non-hydrogen) atoms. The number of aromatic nitrogens is 1. The highest BCUT2D eigenvalue weighted by atomic mass is 16.6. The van der Waals surface area contributed by atoms with Crippen molar-refractivity contribution >= 4 is 23.1 Å². The summed E-state index contributed by atoms with van der Waals surface area (Å²) in [4.78, 5) is 4.71. The summed E-state index contributed by atoms with van der Waals surface area (Å²) < 4.78 is 35.0. The molecule has 1 aliphatic rings. The molecule has 1 aliphatic heterocycles. The van der Waals surface area contributed by atoms with Crippen LogP contribution in [0.3, 0.4) is 0 Å². The molecule has 0 atom stereocenters. The van der Waals surface area contributed by atoms with E-state index in [0.29, 0.717) is 75.9 Å². The van der Waals surface area contributed by atoms with Crippen LogP contribution in [-0.2, 0) is 9.47 Å². The lowest BCUT2D eigenvalue weighted by Crippen LogP contribution is -2.15. The van der Waals surface area contributed by atoms with E-state index in [1.807, 2.05) is 78.9 Å². The monoisotopic (exact) mass is 513 g/mol. The van der Waals surface area contributed by atoms with E-state index < -0.39 is 0 Å². The number of benzene rings is 3. The van der Waals surface area contributed by atoms with E-state index in [1.54, 1.807) is 0 Å². The predicted octanol–water partition coefficient (Wildman–Crippen LogP) is 5.67. The Morgan fingerprint density at radius 2 is 1.08 bits per heavy atom. The van der Waals surface area contributed by atoms with E-state index in [1.165, 1.54) is 0 Å². The Balaban J connectivity index is 1.23. The van der Waals surface area contributed by atoms with Crippen LogP contribution >= 0.6 is 0 Å². The van der Waals surface area contributed by atoms with E-state index in [-0.39, 0.29) is 0 Å². The zero-order valence-electron chi connectivity index (χ0n) is 21.2. The number of para-hydroxylation sites is 3. The van der Waals surface area contributed by atoms with Crippen LogP contribution in [0.1, 0.15) is 11.3 Å². The molecule has 7 nitrogen and oxygen atoms in total. The summed E-state index contributed by atoms with van der Waals surface area (Å²) in [6.07, 6.45) is 4.01. The quantitative estimate of drug-likeness (QED) is 0.342. The van der Waals surface area contributed by atoms with Gasteiger partial charge in [0.2, 0.25) is 0 Å². The highest BCUT2D eigenvalue weighted by Crippen LogP contribution is 2.30. The molecular formula is C31H31NO6. The molecule has 2 heterocycles. The van der Waals surface area contributed by atoms with Crippen LogP contribution in [-0.4, -0.2) is 57.8 Å². The molecule has 0 N–H and O–H groups in total. The number of fused-ring (bicyclic) bond motifs is 3. The first-order valence-corrected chi connectivity index (χ1v) is 12.8. The van der Waals surface area contributed by atoms with E-state index >= 15 is 0 Å². The Labute approximate surface area is 222 Å². The minimum atomic E-state index is 0.381. The Kier molecular flexibility index (Phi) is 9.06. The molecule has 0 fully saturated rings. The summed E-state index contributed by atoms with van der Waals surface area (Å²) in [7, 11) is 0. The molecule has 0 saturated carbocycles. The molecule has 196 valence electrons. The molecule has 0 saturated heterocycles. The van der Waals surface area contributed by atoms with Gasteiger partial charge in [0.1, 0.15) is 26.4 Å². The predicted molar refractivity (Wildman–Crippen MR) is 147 cm³/mol. The van der Waals surface area contributed by atoms with Crippen molar-refractivity contribution in [3.8, 4) is 23.0 Å². The average molecular weight is 514 g/mol. The lowest BCUT2D eigenvalue weighted by atomic mass is 10.1. The van der Waals surface area contributed by atoms with E-state index in [0.717, 1.165) is 22.2 Å². The third kappa shape index (κ3) is 7.25. The third-order valence-electron chi connectivity index (χ3n) is 5.82. The molecule has 0 spiro atoms. The maximum Gasteiger partial charge on any atom is 0.161 e. The largest absolute Gasteiger partial charge is 0.487 e. The first kappa shape index (κ1) is 25.6. The molecule has 0 radical (unpaired) electrons. The molecule has 0 aliphatic carbocycles. The molecule has 7 heteroatoms. The van der Waals surface area contributed by atoms with Crippen LogP contribution in [0.4, 0.5) is 0 Å². The molecule has 3 aromatic carbocycles. The number of pyridine rings is 1. The Bertz CT molecular complexity index is 1360. The van der Waals surface area contributed by atoms with Crippen LogP contribution in [0, 0.1) is 0 Å². The Morgan fingerprint density at radius 3 is 1.76 bits per heavy atom. The number of nitrogens with zero attached hydrogens (tertiary/aromatic N) is 1. The van der Waals surface area contributed by atoms with Gasteiger partial charge in [-0.05, 0) is 48.0 Å². The SMILES string of the molecule is C(=C/c1ccc2ccccc2n1)/c1ccc2c(c1)OCCOCCOc1ccccc1OCCOCCO2. The fourth-order valence-electron chi connectivity index (χ4n) is 3.95. The van der Waals surface area contributed by atoms with Crippen LogP contribution in [0.5, 0.6) is 23.0 Å². The molecule has 0 amide bonds. The van der Waals surface area contributed by atoms with Crippen LogP contribution in [0.15, 0.2) is 78.9 Å². The molecular weight excluding hydrogens is 482 g/mol. The van der Waals surface area contributed by atoms with E-state index in [2.05, 4.69) is 12.1 Å². The van der Waals surface area contributed by atoms with Crippen molar-refractivity contribution in [2.24, 2.45) is 0 Å². The summed E-state index contributed by atoms with van der Waals surface area (Å²) in [5, 5.41) is 1.12. The highest BCUT2D eigenvalue weighted by molar-refractivity contribution is 5.81. The number of ether oxygens (including phenoxy) is 6. The second-order valence-corrected chi connectivity index (χ2v) is 8.53. The lowest BCUT2D eigenvalue weighted by molar-refractivity contribution is 0.0640. The maximum absolute atomic E-state index is 6.04. The van der Waals surface area contributed by atoms with Gasteiger partial charge in [0.25, 0.3) is 0 Å². The van der Waals surface area contributed by atoms with Gasteiger partial charge >= 0.3 is 0 Å². The van der Waals surface area contributed by atoms with Crippen molar-refractivity contribution in [3.63, 3.8) is 0 Å². The topological polar surface area (TPSA) is 68.3 Å². The van der Waals surface area contributed by atoms with Gasteiger partial charge in [-0.25, -0.2) is 4.98 Å². The van der Waals surface area contributed by atoms with Crippen molar-refractivity contribution < 1.29 is 28.4 Å². The molecule has 5 rings (SSSR count). The molecule has 4 aromatic rings. The summed E-state index contributed by atoms with van der Waals surface area (Å²) in [5.74, 6) is 2.68. The molecule has 0 unspecified atom stereocenters.